The summed E-state index contributed by atoms with van der Waals surface area (Å²) < 4.78 is 14.7. The highest BCUT2D eigenvalue weighted by Crippen LogP contribution is 2.33. The van der Waals surface area contributed by atoms with Gasteiger partial charge in [0.25, 0.3) is 5.91 Å². The molecule has 0 aliphatic carbocycles. The first-order valence-corrected chi connectivity index (χ1v) is 10.8. The van der Waals surface area contributed by atoms with Crippen molar-refractivity contribution in [2.24, 2.45) is 0 Å². The lowest BCUT2D eigenvalue weighted by atomic mass is 10.1. The highest BCUT2D eigenvalue weighted by molar-refractivity contribution is 5.95. The van der Waals surface area contributed by atoms with Crippen molar-refractivity contribution in [3.8, 4) is 23.0 Å². The van der Waals surface area contributed by atoms with Crippen LogP contribution in [-0.4, -0.2) is 39.4 Å². The Kier molecular flexibility index (Phi) is 5.17. The number of amides is 1. The van der Waals surface area contributed by atoms with Crippen LogP contribution in [0.15, 0.2) is 60.9 Å². The van der Waals surface area contributed by atoms with Gasteiger partial charge in [0, 0.05) is 29.6 Å². The predicted octanol–water partition coefficient (Wildman–Crippen LogP) is 4.45. The molecule has 4 aromatic rings. The minimum Gasteiger partial charge on any atom is -0.497 e. The molecule has 7 nitrogen and oxygen atoms in total. The van der Waals surface area contributed by atoms with Gasteiger partial charge in [-0.1, -0.05) is 17.7 Å². The van der Waals surface area contributed by atoms with E-state index in [4.69, 9.17) is 14.6 Å². The van der Waals surface area contributed by atoms with Gasteiger partial charge in [0.05, 0.1) is 38.7 Å². The molecule has 1 amide bonds. The lowest BCUT2D eigenvalue weighted by Gasteiger charge is -2.19. The van der Waals surface area contributed by atoms with Gasteiger partial charge in [0.1, 0.15) is 17.3 Å². The van der Waals surface area contributed by atoms with Crippen molar-refractivity contribution in [3.05, 3.63) is 88.9 Å². The highest BCUT2D eigenvalue weighted by atomic mass is 16.5. The summed E-state index contributed by atoms with van der Waals surface area (Å²) in [6, 6.07) is 15.6. The molecular formula is C26H26N4O3. The normalized spacial score (nSPS) is 12.7. The number of carbonyl (C=O) groups is 1. The maximum atomic E-state index is 13.4. The third-order valence-electron chi connectivity index (χ3n) is 6.04. The molecule has 0 unspecified atom stereocenters. The number of hydrogen-bond donors (Lipinski definition) is 0. The van der Waals surface area contributed by atoms with Crippen LogP contribution in [-0.2, 0) is 13.1 Å². The van der Waals surface area contributed by atoms with Gasteiger partial charge in [-0.25, -0.2) is 4.68 Å². The van der Waals surface area contributed by atoms with Crippen molar-refractivity contribution in [2.75, 3.05) is 14.2 Å². The van der Waals surface area contributed by atoms with Crippen LogP contribution in [0, 0.1) is 13.8 Å². The summed E-state index contributed by atoms with van der Waals surface area (Å²) in [6.07, 6.45) is 4.02. The average Bonchev–Trinajstić information content (AvgIpc) is 3.54. The van der Waals surface area contributed by atoms with Crippen LogP contribution in [0.5, 0.6) is 11.5 Å². The number of nitrogens with zero attached hydrogens (tertiary/aromatic N) is 4. The topological polar surface area (TPSA) is 61.5 Å². The van der Waals surface area contributed by atoms with E-state index in [1.54, 1.807) is 32.4 Å². The van der Waals surface area contributed by atoms with E-state index in [0.717, 1.165) is 28.3 Å². The zero-order valence-corrected chi connectivity index (χ0v) is 19.2. The van der Waals surface area contributed by atoms with Gasteiger partial charge in [-0.15, -0.1) is 0 Å². The number of aromatic nitrogens is 3. The van der Waals surface area contributed by atoms with Crippen LogP contribution in [0.3, 0.4) is 0 Å². The van der Waals surface area contributed by atoms with Crippen molar-refractivity contribution in [1.82, 2.24) is 19.2 Å². The number of methoxy groups -OCH3 is 2. The molecule has 1 aliphatic rings. The maximum Gasteiger partial charge on any atom is 0.254 e. The molecule has 0 bridgehead atoms. The monoisotopic (exact) mass is 442 g/mol. The molecule has 0 radical (unpaired) electrons. The van der Waals surface area contributed by atoms with Gasteiger partial charge in [-0.05, 0) is 49.7 Å². The second-order valence-electron chi connectivity index (χ2n) is 8.30. The molecule has 0 N–H and O–H groups in total. The van der Waals surface area contributed by atoms with Gasteiger partial charge in [-0.3, -0.25) is 4.79 Å². The fraction of sp³-hybridized carbons (Fsp3) is 0.231. The molecule has 168 valence electrons. The Morgan fingerprint density at radius 2 is 1.64 bits per heavy atom. The Morgan fingerprint density at radius 3 is 2.27 bits per heavy atom. The van der Waals surface area contributed by atoms with E-state index in [9.17, 15) is 4.79 Å². The zero-order chi connectivity index (χ0) is 23.1. The molecular weight excluding hydrogens is 416 g/mol. The summed E-state index contributed by atoms with van der Waals surface area (Å²) in [5.74, 6) is 2.05. The van der Waals surface area contributed by atoms with Crippen molar-refractivity contribution >= 4 is 5.91 Å². The summed E-state index contributed by atoms with van der Waals surface area (Å²) in [6.45, 7) is 5.11. The number of rotatable bonds is 5. The Bertz CT molecular complexity index is 1320. The van der Waals surface area contributed by atoms with Crippen LogP contribution in [0.2, 0.25) is 0 Å². The Labute approximate surface area is 192 Å². The Hall–Kier alpha value is -4.00. The van der Waals surface area contributed by atoms with Crippen molar-refractivity contribution in [2.45, 2.75) is 26.9 Å². The zero-order valence-electron chi connectivity index (χ0n) is 19.2. The fourth-order valence-electron chi connectivity index (χ4n) is 4.41. The second kappa shape index (κ2) is 8.16. The van der Waals surface area contributed by atoms with Crippen molar-refractivity contribution in [1.29, 1.82) is 0 Å². The summed E-state index contributed by atoms with van der Waals surface area (Å²) in [4.78, 5) is 15.2. The third-order valence-corrected chi connectivity index (χ3v) is 6.04. The number of fused-ring (bicyclic) bond motifs is 1. The molecule has 0 fully saturated rings. The molecule has 0 atom stereocenters. The smallest absolute Gasteiger partial charge is 0.254 e. The van der Waals surface area contributed by atoms with E-state index >= 15 is 0 Å². The number of ether oxygens (including phenoxy) is 2. The van der Waals surface area contributed by atoms with Crippen LogP contribution >= 0.6 is 0 Å². The highest BCUT2D eigenvalue weighted by Gasteiger charge is 2.32. The standard InChI is InChI=1S/C26H26N4O3/c1-17-7-8-24(18(2)11-17)30-25(28-9-5-6-10-28)22-15-29(16-23(22)27-30)26(31)19-12-20(32-3)14-21(13-19)33-4/h5-14H,15-16H2,1-4H3. The number of carbonyl (C=O) groups excluding carboxylic acids is 1. The molecule has 5 rings (SSSR count). The second-order valence-corrected chi connectivity index (χ2v) is 8.30. The molecule has 0 saturated heterocycles. The first-order valence-electron chi connectivity index (χ1n) is 10.8. The molecule has 2 aromatic carbocycles. The summed E-state index contributed by atoms with van der Waals surface area (Å²) >= 11 is 0. The van der Waals surface area contributed by atoms with Crippen molar-refractivity contribution in [3.63, 3.8) is 0 Å². The Balaban J connectivity index is 1.54. The van der Waals surface area contributed by atoms with E-state index in [0.29, 0.717) is 30.2 Å². The lowest BCUT2D eigenvalue weighted by Crippen LogP contribution is -2.26. The van der Waals surface area contributed by atoms with E-state index in [1.165, 1.54) is 5.56 Å². The molecule has 0 spiro atoms. The summed E-state index contributed by atoms with van der Waals surface area (Å²) in [7, 11) is 3.15. The molecule has 3 heterocycles. The number of benzene rings is 2. The first kappa shape index (κ1) is 20.9. The van der Waals surface area contributed by atoms with E-state index in [-0.39, 0.29) is 5.91 Å². The van der Waals surface area contributed by atoms with Crippen LogP contribution in [0.25, 0.3) is 11.5 Å². The SMILES string of the molecule is COc1cc(OC)cc(C(=O)N2Cc3nn(-c4ccc(C)cc4C)c(-n4cccc4)c3C2)c1. The first-order chi connectivity index (χ1) is 16.0. The van der Waals surface area contributed by atoms with Gasteiger partial charge in [0.15, 0.2) is 0 Å². The minimum absolute atomic E-state index is 0.0817. The van der Waals surface area contributed by atoms with Crippen molar-refractivity contribution < 1.29 is 14.3 Å². The predicted molar refractivity (Wildman–Crippen MR) is 125 cm³/mol. The van der Waals surface area contributed by atoms with Gasteiger partial charge < -0.3 is 18.9 Å². The average molecular weight is 443 g/mol. The Morgan fingerprint density at radius 1 is 0.939 bits per heavy atom. The van der Waals surface area contributed by atoms with Gasteiger partial charge >= 0.3 is 0 Å². The fourth-order valence-corrected chi connectivity index (χ4v) is 4.41. The molecule has 7 heteroatoms. The van der Waals surface area contributed by atoms with E-state index < -0.39 is 0 Å². The van der Waals surface area contributed by atoms with Gasteiger partial charge in [0.2, 0.25) is 0 Å². The molecule has 2 aromatic heterocycles. The maximum absolute atomic E-state index is 13.4. The van der Waals surface area contributed by atoms with Crippen LogP contribution < -0.4 is 9.47 Å². The lowest BCUT2D eigenvalue weighted by molar-refractivity contribution is 0.0748. The minimum atomic E-state index is -0.0817. The third kappa shape index (κ3) is 3.65. The van der Waals surface area contributed by atoms with Gasteiger partial charge in [-0.2, -0.15) is 5.10 Å². The van der Waals surface area contributed by atoms with E-state index in [1.807, 2.05) is 34.1 Å². The quantitative estimate of drug-likeness (QED) is 0.458. The largest absolute Gasteiger partial charge is 0.497 e. The number of aryl methyl sites for hydroxylation is 2. The summed E-state index contributed by atoms with van der Waals surface area (Å²) in [5.41, 5.74) is 5.89. The molecule has 0 saturated carbocycles. The number of hydrogen-bond acceptors (Lipinski definition) is 4. The molecule has 33 heavy (non-hydrogen) atoms. The van der Waals surface area contributed by atoms with E-state index in [2.05, 4.69) is 36.6 Å². The van der Waals surface area contributed by atoms with Crippen LogP contribution in [0.4, 0.5) is 0 Å². The van der Waals surface area contributed by atoms with Crippen LogP contribution in [0.1, 0.15) is 32.7 Å². The molecule has 1 aliphatic heterocycles. The summed E-state index contributed by atoms with van der Waals surface area (Å²) in [5, 5.41) is 4.95.